The molecule has 0 fully saturated rings. The van der Waals surface area contributed by atoms with Gasteiger partial charge in [0.15, 0.2) is 0 Å². The first-order valence-corrected chi connectivity index (χ1v) is 15.2. The van der Waals surface area contributed by atoms with Crippen molar-refractivity contribution in [2.24, 2.45) is 0 Å². The molecular weight excluding hydrogens is 617 g/mol. The molecule has 10 aromatic carbocycles. The Balaban J connectivity index is 1.41. The average molecular weight is 676 g/mol. The van der Waals surface area contributed by atoms with Crippen LogP contribution in [0.4, 0.5) is 0 Å². The molecular formula is C50H30O. The molecule has 0 aliphatic carbocycles. The van der Waals surface area contributed by atoms with Crippen LogP contribution in [-0.4, -0.2) is 0 Å². The van der Waals surface area contributed by atoms with Gasteiger partial charge in [-0.05, 0) is 106 Å². The fourth-order valence-corrected chi connectivity index (χ4v) is 6.46. The normalized spacial score (nSPS) is 19.9. The molecule has 0 bridgehead atoms. The van der Waals surface area contributed by atoms with Gasteiger partial charge in [-0.2, -0.15) is 0 Å². The van der Waals surface area contributed by atoms with Gasteiger partial charge in [0.05, 0.1) is 39.8 Å². The van der Waals surface area contributed by atoms with Gasteiger partial charge in [-0.15, -0.1) is 0 Å². The zero-order chi connectivity index (χ0) is 58.7. The molecule has 0 unspecified atom stereocenters. The molecule has 1 aromatic heterocycles. The summed E-state index contributed by atoms with van der Waals surface area (Å²) >= 11 is 0. The number of furan rings is 1. The molecule has 236 valence electrons. The summed E-state index contributed by atoms with van der Waals surface area (Å²) in [6.07, 6.45) is 0. The third kappa shape index (κ3) is 4.22. The average Bonchev–Trinajstić information content (AvgIpc) is 3.90. The number of rotatable bonds is 3. The Hall–Kier alpha value is -6.70. The summed E-state index contributed by atoms with van der Waals surface area (Å²) in [6.45, 7) is 0. The number of benzene rings is 10. The van der Waals surface area contributed by atoms with Crippen molar-refractivity contribution in [2.75, 3.05) is 0 Å². The summed E-state index contributed by atoms with van der Waals surface area (Å²) in [5, 5.41) is -6.90. The molecule has 1 nitrogen and oxygen atoms in total. The molecule has 51 heavy (non-hydrogen) atoms. The summed E-state index contributed by atoms with van der Waals surface area (Å²) in [5.41, 5.74) is -5.96. The quantitative estimate of drug-likeness (QED) is 0.134. The number of fused-ring (bicyclic) bond motifs is 10. The summed E-state index contributed by atoms with van der Waals surface area (Å²) < 4.78 is 270. The minimum Gasteiger partial charge on any atom is -0.455 e. The first-order valence-electron chi connectivity index (χ1n) is 29.7. The lowest BCUT2D eigenvalue weighted by Gasteiger charge is -2.18. The fourth-order valence-electron chi connectivity index (χ4n) is 6.46. The maximum atomic E-state index is 10.1. The van der Waals surface area contributed by atoms with E-state index in [9.17, 15) is 16.4 Å². The Labute approximate surface area is 335 Å². The standard InChI is InChI=1S/C50H30O/c1-3-16-37-31(11-1)23-24-33-13-10-22-38(47(33)37)34-14-9-15-35(29-34)48-40-18-5-7-20-42(40)49(43-21-8-6-19-41(43)48)36-26-28-46-45(30-36)44-27-25-32-12-2-4-17-39(32)50(44)51-46/h1-30H/i1D,2D,3D,4D,5D,6D,7D,8D,9D,10D,12D,13D,14D,15D,16D,17D,18D,19D,20D,21D,22D,23D,24D,25D,26D,27D,28D,29D,30D. The predicted molar refractivity (Wildman–Crippen MR) is 218 cm³/mol. The molecule has 11 rings (SSSR count). The summed E-state index contributed by atoms with van der Waals surface area (Å²) in [5.74, 6) is 0. The van der Waals surface area contributed by atoms with Crippen molar-refractivity contribution < 1.29 is 44.2 Å². The topological polar surface area (TPSA) is 13.1 Å². The predicted octanol–water partition coefficient (Wildman–Crippen LogP) is 14.4. The Kier molecular flexibility index (Phi) is 2.56. The van der Waals surface area contributed by atoms with Gasteiger partial charge in [0.1, 0.15) is 11.2 Å². The summed E-state index contributed by atoms with van der Waals surface area (Å²) in [4.78, 5) is 0. The van der Waals surface area contributed by atoms with Crippen LogP contribution >= 0.6 is 0 Å². The van der Waals surface area contributed by atoms with Crippen LogP contribution in [0.2, 0.25) is 0 Å². The lowest BCUT2D eigenvalue weighted by molar-refractivity contribution is 0.672. The molecule has 1 heteroatoms. The van der Waals surface area contributed by atoms with Gasteiger partial charge < -0.3 is 4.42 Å². The second kappa shape index (κ2) is 10.9. The zero-order valence-electron chi connectivity index (χ0n) is 54.5. The van der Waals surface area contributed by atoms with E-state index in [1.54, 1.807) is 0 Å². The van der Waals surface area contributed by atoms with Crippen molar-refractivity contribution in [3.63, 3.8) is 0 Å². The Morgan fingerprint density at radius 2 is 0.941 bits per heavy atom. The van der Waals surface area contributed by atoms with Crippen LogP contribution in [0.25, 0.3) is 109 Å². The van der Waals surface area contributed by atoms with E-state index >= 15 is 0 Å². The van der Waals surface area contributed by atoms with Crippen molar-refractivity contribution in [3.8, 4) is 33.4 Å². The molecule has 0 N–H and O–H groups in total. The molecule has 0 spiro atoms. The summed E-state index contributed by atoms with van der Waals surface area (Å²) in [7, 11) is 0. The first-order chi connectivity index (χ1) is 37.4. The van der Waals surface area contributed by atoms with Gasteiger partial charge in [0, 0.05) is 16.2 Å². The number of hydrogen-bond acceptors (Lipinski definition) is 1. The van der Waals surface area contributed by atoms with Crippen LogP contribution in [0, 0.1) is 0 Å². The third-order valence-electron chi connectivity index (χ3n) is 8.63. The molecule has 0 aliphatic rings. The largest absolute Gasteiger partial charge is 0.455 e. The van der Waals surface area contributed by atoms with E-state index in [-0.39, 0.29) is 5.39 Å². The van der Waals surface area contributed by atoms with Crippen LogP contribution in [0.5, 0.6) is 0 Å². The van der Waals surface area contributed by atoms with E-state index in [0.717, 1.165) is 6.07 Å². The van der Waals surface area contributed by atoms with Crippen molar-refractivity contribution in [2.45, 2.75) is 0 Å². The van der Waals surface area contributed by atoms with Gasteiger partial charge >= 0.3 is 0 Å². The molecule has 1 heterocycles. The van der Waals surface area contributed by atoms with Gasteiger partial charge in [-0.3, -0.25) is 0 Å². The second-order valence-electron chi connectivity index (χ2n) is 11.3. The number of hydrogen-bond donors (Lipinski definition) is 0. The molecule has 0 saturated carbocycles. The van der Waals surface area contributed by atoms with Crippen molar-refractivity contribution in [1.29, 1.82) is 0 Å². The molecule has 0 saturated heterocycles. The fraction of sp³-hybridized carbons (Fsp3) is 0. The van der Waals surface area contributed by atoms with Gasteiger partial charge in [-0.1, -0.05) is 157 Å². The lowest BCUT2D eigenvalue weighted by Crippen LogP contribution is -1.91. The van der Waals surface area contributed by atoms with E-state index in [0.29, 0.717) is 0 Å². The summed E-state index contributed by atoms with van der Waals surface area (Å²) in [6, 6.07) is -25.2. The SMILES string of the molecule is [2H]c1cc2c([2H])c([2H])c3c([2H])c([2H])c([2H])c(-c4c([2H])c([2H])c([2H])c(-c5c6c([2H])c([2H])c([2H])c([2H])c6c(-c6c([2H])c([2H])c7oc8c9c([2H])c([2H])c([2H])c([2H])c9c([2H])c([2H])c8c7c6[2H])c6c([2H])c([2H])c([2H])c([2H])c56)c4[2H])c3c2c([2H])c1[2H]. The van der Waals surface area contributed by atoms with E-state index < -0.39 is 279 Å². The highest BCUT2D eigenvalue weighted by Crippen LogP contribution is 2.46. The highest BCUT2D eigenvalue weighted by atomic mass is 16.3. The zero-order valence-corrected chi connectivity index (χ0v) is 25.5. The maximum Gasteiger partial charge on any atom is 0.143 e. The molecule has 0 radical (unpaired) electrons. The molecule has 0 amide bonds. The van der Waals surface area contributed by atoms with Crippen LogP contribution in [0.15, 0.2) is 186 Å². The Morgan fingerprint density at radius 1 is 0.353 bits per heavy atom. The Morgan fingerprint density at radius 3 is 1.73 bits per heavy atom. The second-order valence-corrected chi connectivity index (χ2v) is 11.3. The van der Waals surface area contributed by atoms with Crippen molar-refractivity contribution in [3.05, 3.63) is 181 Å². The van der Waals surface area contributed by atoms with Crippen LogP contribution < -0.4 is 0 Å². The van der Waals surface area contributed by atoms with E-state index in [1.807, 2.05) is 0 Å². The maximum absolute atomic E-state index is 10.1. The molecule has 11 aromatic rings. The van der Waals surface area contributed by atoms with Crippen LogP contribution in [0.3, 0.4) is 0 Å². The highest BCUT2D eigenvalue weighted by molar-refractivity contribution is 6.23. The van der Waals surface area contributed by atoms with E-state index in [1.165, 1.54) is 0 Å². The van der Waals surface area contributed by atoms with Crippen LogP contribution in [0.1, 0.15) is 39.8 Å². The third-order valence-corrected chi connectivity index (χ3v) is 8.63. The Bertz CT molecular complexity index is 4790. The van der Waals surface area contributed by atoms with Gasteiger partial charge in [0.2, 0.25) is 0 Å². The molecule has 0 aliphatic heterocycles. The van der Waals surface area contributed by atoms with Gasteiger partial charge in [-0.25, -0.2) is 0 Å². The smallest absolute Gasteiger partial charge is 0.143 e. The highest BCUT2D eigenvalue weighted by Gasteiger charge is 2.19. The van der Waals surface area contributed by atoms with E-state index in [2.05, 4.69) is 0 Å². The van der Waals surface area contributed by atoms with Crippen LogP contribution in [-0.2, 0) is 0 Å². The lowest BCUT2D eigenvalue weighted by atomic mass is 9.85. The minimum atomic E-state index is -1.10. The van der Waals surface area contributed by atoms with Gasteiger partial charge in [0.25, 0.3) is 0 Å². The monoisotopic (exact) mass is 675 g/mol. The van der Waals surface area contributed by atoms with Crippen molar-refractivity contribution >= 4 is 75.8 Å². The first kappa shape index (κ1) is 12.0. The minimum absolute atomic E-state index is 0.326. The van der Waals surface area contributed by atoms with E-state index in [4.69, 9.17) is 27.7 Å². The molecule has 0 atom stereocenters. The van der Waals surface area contributed by atoms with Crippen molar-refractivity contribution in [1.82, 2.24) is 0 Å².